The Morgan fingerprint density at radius 1 is 1.38 bits per heavy atom. The van der Waals surface area contributed by atoms with Crippen molar-refractivity contribution in [1.29, 1.82) is 0 Å². The lowest BCUT2D eigenvalue weighted by atomic mass is 10.1. The van der Waals surface area contributed by atoms with Crippen molar-refractivity contribution < 1.29 is 14.1 Å². The molecule has 6 nitrogen and oxygen atoms in total. The molecule has 7 heteroatoms. The minimum atomic E-state index is -0.752. The van der Waals surface area contributed by atoms with Gasteiger partial charge in [-0.2, -0.15) is 0 Å². The van der Waals surface area contributed by atoms with Crippen LogP contribution in [0.15, 0.2) is 18.2 Å². The van der Waals surface area contributed by atoms with E-state index in [1.165, 1.54) is 12.8 Å². The summed E-state index contributed by atoms with van der Waals surface area (Å²) in [7, 11) is 0. The zero-order valence-corrected chi connectivity index (χ0v) is 11.7. The second kappa shape index (κ2) is 7.12. The lowest BCUT2D eigenvalue weighted by molar-refractivity contribution is -0.384. The molecule has 0 spiro atoms. The first-order valence-electron chi connectivity index (χ1n) is 7.02. The fraction of sp³-hybridized carbons (Fsp3) is 0.500. The SMILES string of the molecule is O=C(NCCCN1CCCC1)c1cc([N+](=O)[O-])ccc1F. The highest BCUT2D eigenvalue weighted by Gasteiger charge is 2.17. The summed E-state index contributed by atoms with van der Waals surface area (Å²) in [6.07, 6.45) is 3.21. The summed E-state index contributed by atoms with van der Waals surface area (Å²) in [5, 5.41) is 13.2. The molecule has 0 unspecified atom stereocenters. The van der Waals surface area contributed by atoms with Crippen molar-refractivity contribution in [2.75, 3.05) is 26.2 Å². The normalized spacial score (nSPS) is 15.1. The van der Waals surface area contributed by atoms with E-state index in [2.05, 4.69) is 10.2 Å². The number of nitrogens with one attached hydrogen (secondary N) is 1. The number of halogens is 1. The van der Waals surface area contributed by atoms with E-state index in [1.54, 1.807) is 0 Å². The molecular formula is C14H18FN3O3. The fourth-order valence-electron chi connectivity index (χ4n) is 2.41. The standard InChI is InChI=1S/C14H18FN3O3/c15-13-5-4-11(18(20)21)10-12(13)14(19)16-6-3-9-17-7-1-2-8-17/h4-5,10H,1-3,6-9H2,(H,16,19). The van der Waals surface area contributed by atoms with Gasteiger partial charge in [0.2, 0.25) is 0 Å². The molecule has 1 amide bonds. The van der Waals surface area contributed by atoms with Crippen LogP contribution in [0.4, 0.5) is 10.1 Å². The maximum absolute atomic E-state index is 13.5. The van der Waals surface area contributed by atoms with Crippen molar-refractivity contribution in [1.82, 2.24) is 10.2 Å². The largest absolute Gasteiger partial charge is 0.352 e. The summed E-state index contributed by atoms with van der Waals surface area (Å²) in [5.41, 5.74) is -0.580. The topological polar surface area (TPSA) is 75.5 Å². The molecule has 1 saturated heterocycles. The van der Waals surface area contributed by atoms with E-state index < -0.39 is 16.6 Å². The first-order valence-corrected chi connectivity index (χ1v) is 7.02. The molecule has 0 aromatic heterocycles. The molecule has 0 aliphatic carbocycles. The second-order valence-corrected chi connectivity index (χ2v) is 5.08. The highest BCUT2D eigenvalue weighted by atomic mass is 19.1. The van der Waals surface area contributed by atoms with Crippen molar-refractivity contribution >= 4 is 11.6 Å². The van der Waals surface area contributed by atoms with Crippen LogP contribution in [0.25, 0.3) is 0 Å². The number of benzene rings is 1. The lowest BCUT2D eigenvalue weighted by Crippen LogP contribution is -2.29. The number of carbonyl (C=O) groups excluding carboxylic acids is 1. The number of likely N-dealkylation sites (tertiary alicyclic amines) is 1. The summed E-state index contributed by atoms with van der Waals surface area (Å²) < 4.78 is 13.5. The number of nitrogens with zero attached hydrogens (tertiary/aromatic N) is 2. The van der Waals surface area contributed by atoms with Gasteiger partial charge in [0.25, 0.3) is 11.6 Å². The van der Waals surface area contributed by atoms with E-state index in [1.807, 2.05) is 0 Å². The first-order chi connectivity index (χ1) is 10.1. The smallest absolute Gasteiger partial charge is 0.270 e. The van der Waals surface area contributed by atoms with Crippen LogP contribution < -0.4 is 5.32 Å². The van der Waals surface area contributed by atoms with Crippen molar-refractivity contribution in [3.63, 3.8) is 0 Å². The minimum Gasteiger partial charge on any atom is -0.352 e. The molecule has 1 aromatic carbocycles. The molecule has 0 bridgehead atoms. The van der Waals surface area contributed by atoms with E-state index in [-0.39, 0.29) is 11.3 Å². The van der Waals surface area contributed by atoms with Crippen molar-refractivity contribution in [3.8, 4) is 0 Å². The highest BCUT2D eigenvalue weighted by molar-refractivity contribution is 5.95. The average molecular weight is 295 g/mol. The third-order valence-corrected chi connectivity index (χ3v) is 3.54. The van der Waals surface area contributed by atoms with E-state index >= 15 is 0 Å². The number of nitro groups is 1. The van der Waals surface area contributed by atoms with Crippen LogP contribution in [0.5, 0.6) is 0 Å². The summed E-state index contributed by atoms with van der Waals surface area (Å²) in [6, 6.07) is 2.95. The Bertz CT molecular complexity index is 530. The molecular weight excluding hydrogens is 277 g/mol. The van der Waals surface area contributed by atoms with E-state index in [0.717, 1.165) is 44.3 Å². The number of amides is 1. The number of non-ortho nitro benzene ring substituents is 1. The van der Waals surface area contributed by atoms with Gasteiger partial charge in [-0.3, -0.25) is 14.9 Å². The van der Waals surface area contributed by atoms with Gasteiger partial charge >= 0.3 is 0 Å². The Balaban J connectivity index is 1.84. The number of carbonyl (C=O) groups is 1. The minimum absolute atomic E-state index is 0.287. The van der Waals surface area contributed by atoms with Crippen LogP contribution >= 0.6 is 0 Å². The highest BCUT2D eigenvalue weighted by Crippen LogP contribution is 2.16. The summed E-state index contributed by atoms with van der Waals surface area (Å²) in [5.74, 6) is -1.37. The second-order valence-electron chi connectivity index (χ2n) is 5.08. The van der Waals surface area contributed by atoms with Gasteiger partial charge in [-0.25, -0.2) is 4.39 Å². The number of rotatable bonds is 6. The molecule has 0 saturated carbocycles. The van der Waals surface area contributed by atoms with Crippen LogP contribution in [0, 0.1) is 15.9 Å². The maximum atomic E-state index is 13.5. The van der Waals surface area contributed by atoms with Gasteiger partial charge in [0, 0.05) is 18.7 Å². The Morgan fingerprint density at radius 2 is 2.10 bits per heavy atom. The first kappa shape index (κ1) is 15.4. The van der Waals surface area contributed by atoms with Crippen LogP contribution in [-0.4, -0.2) is 41.9 Å². The molecule has 1 N–H and O–H groups in total. The van der Waals surface area contributed by atoms with Gasteiger partial charge in [0.05, 0.1) is 10.5 Å². The van der Waals surface area contributed by atoms with Gasteiger partial charge in [-0.1, -0.05) is 0 Å². The number of hydrogen-bond donors (Lipinski definition) is 1. The molecule has 21 heavy (non-hydrogen) atoms. The number of hydrogen-bond acceptors (Lipinski definition) is 4. The molecule has 1 aliphatic heterocycles. The van der Waals surface area contributed by atoms with Gasteiger partial charge in [-0.05, 0) is 45.0 Å². The number of nitro benzene ring substituents is 1. The van der Waals surface area contributed by atoms with Gasteiger partial charge in [0.1, 0.15) is 5.82 Å². The zero-order valence-electron chi connectivity index (χ0n) is 11.7. The Labute approximate surface area is 122 Å². The van der Waals surface area contributed by atoms with Crippen molar-refractivity contribution in [2.24, 2.45) is 0 Å². The van der Waals surface area contributed by atoms with Gasteiger partial charge in [0.15, 0.2) is 0 Å². The third-order valence-electron chi connectivity index (χ3n) is 3.54. The molecule has 1 aromatic rings. The van der Waals surface area contributed by atoms with Gasteiger partial charge < -0.3 is 10.2 Å². The maximum Gasteiger partial charge on any atom is 0.270 e. The third kappa shape index (κ3) is 4.22. The van der Waals surface area contributed by atoms with Gasteiger partial charge in [-0.15, -0.1) is 0 Å². The van der Waals surface area contributed by atoms with E-state index in [0.29, 0.717) is 6.54 Å². The predicted octanol–water partition coefficient (Wildman–Crippen LogP) is 1.95. The monoisotopic (exact) mass is 295 g/mol. The van der Waals surface area contributed by atoms with Crippen molar-refractivity contribution in [3.05, 3.63) is 39.7 Å². The molecule has 0 atom stereocenters. The molecule has 0 radical (unpaired) electrons. The summed E-state index contributed by atoms with van der Waals surface area (Å²) in [6.45, 7) is 3.51. The summed E-state index contributed by atoms with van der Waals surface area (Å²) in [4.78, 5) is 24.2. The average Bonchev–Trinajstić information content (AvgIpc) is 2.96. The molecule has 114 valence electrons. The van der Waals surface area contributed by atoms with Crippen LogP contribution in [0.3, 0.4) is 0 Å². The Morgan fingerprint density at radius 3 is 2.76 bits per heavy atom. The van der Waals surface area contributed by atoms with Crippen molar-refractivity contribution in [2.45, 2.75) is 19.3 Å². The lowest BCUT2D eigenvalue weighted by Gasteiger charge is -2.14. The van der Waals surface area contributed by atoms with Crippen LogP contribution in [-0.2, 0) is 0 Å². The predicted molar refractivity (Wildman–Crippen MR) is 75.7 cm³/mol. The van der Waals surface area contributed by atoms with Crippen LogP contribution in [0.1, 0.15) is 29.6 Å². The summed E-state index contributed by atoms with van der Waals surface area (Å²) >= 11 is 0. The Kier molecular flexibility index (Phi) is 5.21. The molecule has 1 aliphatic rings. The van der Waals surface area contributed by atoms with Crippen LogP contribution in [0.2, 0.25) is 0 Å². The fourth-order valence-corrected chi connectivity index (χ4v) is 2.41. The molecule has 1 fully saturated rings. The van der Waals surface area contributed by atoms with E-state index in [9.17, 15) is 19.3 Å². The molecule has 1 heterocycles. The molecule has 2 rings (SSSR count). The van der Waals surface area contributed by atoms with E-state index in [4.69, 9.17) is 0 Å². The zero-order chi connectivity index (χ0) is 15.2. The quantitative estimate of drug-likeness (QED) is 0.494. The Hall–Kier alpha value is -2.02.